The van der Waals surface area contributed by atoms with Gasteiger partial charge in [-0.15, -0.1) is 0 Å². The summed E-state index contributed by atoms with van der Waals surface area (Å²) in [6, 6.07) is 5.21. The van der Waals surface area contributed by atoms with Crippen LogP contribution in [-0.4, -0.2) is 42.5 Å². The second kappa shape index (κ2) is 7.30. The second-order valence-electron chi connectivity index (χ2n) is 7.02. The van der Waals surface area contributed by atoms with E-state index in [-0.39, 0.29) is 10.6 Å². The van der Waals surface area contributed by atoms with E-state index in [1.165, 1.54) is 38.6 Å². The van der Waals surface area contributed by atoms with Crippen molar-refractivity contribution in [3.63, 3.8) is 0 Å². The lowest BCUT2D eigenvalue weighted by Crippen LogP contribution is -2.48. The molecule has 0 spiro atoms. The molecule has 5 heteroatoms. The summed E-state index contributed by atoms with van der Waals surface area (Å²) < 4.78 is 0. The van der Waals surface area contributed by atoms with Gasteiger partial charge in [0.2, 0.25) is 0 Å². The molecule has 1 aliphatic carbocycles. The number of nitro benzene ring substituents is 1. The van der Waals surface area contributed by atoms with Crippen molar-refractivity contribution in [3.05, 3.63) is 33.9 Å². The molecule has 23 heavy (non-hydrogen) atoms. The number of piperazine rings is 1. The highest BCUT2D eigenvalue weighted by atomic mass is 16.6. The van der Waals surface area contributed by atoms with E-state index in [0.29, 0.717) is 0 Å². The van der Waals surface area contributed by atoms with Gasteiger partial charge in [-0.2, -0.15) is 0 Å². The van der Waals surface area contributed by atoms with Crippen LogP contribution in [0.3, 0.4) is 0 Å². The summed E-state index contributed by atoms with van der Waals surface area (Å²) >= 11 is 0. The number of aryl methyl sites for hydroxylation is 1. The summed E-state index contributed by atoms with van der Waals surface area (Å²) in [6.07, 6.45) is 7.05. The molecule has 126 valence electrons. The van der Waals surface area contributed by atoms with Gasteiger partial charge in [0.15, 0.2) is 0 Å². The maximum Gasteiger partial charge on any atom is 0.269 e. The molecule has 5 nitrogen and oxygen atoms in total. The predicted molar refractivity (Wildman–Crippen MR) is 93.1 cm³/mol. The van der Waals surface area contributed by atoms with Crippen LogP contribution in [0.2, 0.25) is 0 Å². The smallest absolute Gasteiger partial charge is 0.269 e. The minimum atomic E-state index is -0.321. The number of nitro groups is 1. The van der Waals surface area contributed by atoms with Crippen molar-refractivity contribution < 1.29 is 4.92 Å². The minimum absolute atomic E-state index is 0.183. The van der Waals surface area contributed by atoms with Crippen LogP contribution in [0.15, 0.2) is 18.2 Å². The Hall–Kier alpha value is -1.62. The number of benzene rings is 1. The van der Waals surface area contributed by atoms with Gasteiger partial charge >= 0.3 is 0 Å². The lowest BCUT2D eigenvalue weighted by Gasteiger charge is -2.38. The largest absolute Gasteiger partial charge is 0.369 e. The summed E-state index contributed by atoms with van der Waals surface area (Å²) in [5, 5.41) is 10.9. The van der Waals surface area contributed by atoms with Crippen molar-refractivity contribution in [2.45, 2.75) is 39.0 Å². The van der Waals surface area contributed by atoms with Gasteiger partial charge in [-0.1, -0.05) is 19.3 Å². The van der Waals surface area contributed by atoms with Crippen molar-refractivity contribution >= 4 is 11.4 Å². The molecule has 1 saturated carbocycles. The first-order valence-corrected chi connectivity index (χ1v) is 8.86. The van der Waals surface area contributed by atoms with Crippen molar-refractivity contribution in [1.82, 2.24) is 4.90 Å². The first kappa shape index (κ1) is 16.2. The van der Waals surface area contributed by atoms with Crippen LogP contribution in [-0.2, 0) is 0 Å². The Morgan fingerprint density at radius 1 is 1.13 bits per heavy atom. The highest BCUT2D eigenvalue weighted by molar-refractivity contribution is 5.57. The molecule has 0 N–H and O–H groups in total. The zero-order chi connectivity index (χ0) is 16.2. The third-order valence-corrected chi connectivity index (χ3v) is 5.35. The van der Waals surface area contributed by atoms with Gasteiger partial charge in [0, 0.05) is 50.5 Å². The number of hydrogen-bond donors (Lipinski definition) is 0. The minimum Gasteiger partial charge on any atom is -0.369 e. The number of non-ortho nitro benzene ring substituents is 1. The first-order chi connectivity index (χ1) is 11.1. The summed E-state index contributed by atoms with van der Waals surface area (Å²) in [5.41, 5.74) is 2.33. The molecule has 1 heterocycles. The normalized spacial score (nSPS) is 20.7. The Balaban J connectivity index is 1.55. The maximum atomic E-state index is 10.9. The lowest BCUT2D eigenvalue weighted by molar-refractivity contribution is -0.384. The molecular formula is C18H27N3O2. The second-order valence-corrected chi connectivity index (χ2v) is 7.02. The molecular weight excluding hydrogens is 290 g/mol. The molecule has 0 atom stereocenters. The van der Waals surface area contributed by atoms with E-state index in [1.807, 2.05) is 13.0 Å². The van der Waals surface area contributed by atoms with Gasteiger partial charge in [0.1, 0.15) is 0 Å². The fourth-order valence-corrected chi connectivity index (χ4v) is 4.01. The van der Waals surface area contributed by atoms with Crippen LogP contribution in [0.5, 0.6) is 0 Å². The molecule has 0 unspecified atom stereocenters. The van der Waals surface area contributed by atoms with Crippen LogP contribution >= 0.6 is 0 Å². The average molecular weight is 317 g/mol. The van der Waals surface area contributed by atoms with Crippen LogP contribution in [0, 0.1) is 23.0 Å². The lowest BCUT2D eigenvalue weighted by atomic mass is 9.89. The average Bonchev–Trinajstić information content (AvgIpc) is 2.56. The van der Waals surface area contributed by atoms with Gasteiger partial charge < -0.3 is 4.90 Å². The SMILES string of the molecule is Cc1cc([N+](=O)[O-])ccc1N1CCN(CC2CCCCC2)CC1. The van der Waals surface area contributed by atoms with E-state index < -0.39 is 0 Å². The zero-order valence-corrected chi connectivity index (χ0v) is 14.0. The quantitative estimate of drug-likeness (QED) is 0.629. The highest BCUT2D eigenvalue weighted by Crippen LogP contribution is 2.27. The van der Waals surface area contributed by atoms with Crippen LogP contribution in [0.25, 0.3) is 0 Å². The Morgan fingerprint density at radius 2 is 1.83 bits per heavy atom. The first-order valence-electron chi connectivity index (χ1n) is 8.86. The molecule has 2 fully saturated rings. The molecule has 0 amide bonds. The van der Waals surface area contributed by atoms with Crippen molar-refractivity contribution in [2.24, 2.45) is 5.92 Å². The van der Waals surface area contributed by atoms with Gasteiger partial charge in [0.25, 0.3) is 5.69 Å². The number of hydrogen-bond acceptors (Lipinski definition) is 4. The Labute approximate surface area is 138 Å². The molecule has 0 aromatic heterocycles. The predicted octanol–water partition coefficient (Wildman–Crippen LogP) is 3.61. The Bertz CT molecular complexity index is 547. The van der Waals surface area contributed by atoms with E-state index in [9.17, 15) is 10.1 Å². The fourth-order valence-electron chi connectivity index (χ4n) is 4.01. The molecule has 1 aliphatic heterocycles. The van der Waals surface area contributed by atoms with Gasteiger partial charge in [-0.25, -0.2) is 0 Å². The van der Waals surface area contributed by atoms with E-state index in [0.717, 1.165) is 43.3 Å². The third kappa shape index (κ3) is 4.02. The monoisotopic (exact) mass is 317 g/mol. The summed E-state index contributed by atoms with van der Waals surface area (Å²) in [4.78, 5) is 15.5. The molecule has 1 saturated heterocycles. The fraction of sp³-hybridized carbons (Fsp3) is 0.667. The van der Waals surface area contributed by atoms with Gasteiger partial charge in [-0.3, -0.25) is 15.0 Å². The van der Waals surface area contributed by atoms with E-state index in [2.05, 4.69) is 9.80 Å². The summed E-state index contributed by atoms with van der Waals surface area (Å²) in [5.74, 6) is 0.899. The molecule has 0 bridgehead atoms. The number of rotatable bonds is 4. The van der Waals surface area contributed by atoms with Crippen molar-refractivity contribution in [3.8, 4) is 0 Å². The third-order valence-electron chi connectivity index (χ3n) is 5.35. The summed E-state index contributed by atoms with van der Waals surface area (Å²) in [7, 11) is 0. The van der Waals surface area contributed by atoms with Crippen LogP contribution < -0.4 is 4.90 Å². The number of anilines is 1. The van der Waals surface area contributed by atoms with Crippen molar-refractivity contribution in [2.75, 3.05) is 37.6 Å². The topological polar surface area (TPSA) is 49.6 Å². The van der Waals surface area contributed by atoms with Crippen LogP contribution in [0.1, 0.15) is 37.7 Å². The highest BCUT2D eigenvalue weighted by Gasteiger charge is 2.22. The van der Waals surface area contributed by atoms with Crippen molar-refractivity contribution in [1.29, 1.82) is 0 Å². The van der Waals surface area contributed by atoms with E-state index in [4.69, 9.17) is 0 Å². The van der Waals surface area contributed by atoms with E-state index in [1.54, 1.807) is 12.1 Å². The Kier molecular flexibility index (Phi) is 5.16. The van der Waals surface area contributed by atoms with Gasteiger partial charge in [-0.05, 0) is 37.3 Å². The van der Waals surface area contributed by atoms with Crippen LogP contribution in [0.4, 0.5) is 11.4 Å². The number of nitrogens with zero attached hydrogens (tertiary/aromatic N) is 3. The maximum absolute atomic E-state index is 10.9. The standard InChI is InChI=1S/C18H27N3O2/c1-15-13-17(21(22)23)7-8-18(15)20-11-9-19(10-12-20)14-16-5-3-2-4-6-16/h7-8,13,16H,2-6,9-12,14H2,1H3. The molecule has 1 aromatic carbocycles. The zero-order valence-electron chi connectivity index (χ0n) is 14.0. The molecule has 1 aromatic rings. The molecule has 2 aliphatic rings. The van der Waals surface area contributed by atoms with E-state index >= 15 is 0 Å². The molecule has 3 rings (SSSR count). The van der Waals surface area contributed by atoms with Gasteiger partial charge in [0.05, 0.1) is 4.92 Å². The molecule has 0 radical (unpaired) electrons. The Morgan fingerprint density at radius 3 is 2.43 bits per heavy atom. The summed E-state index contributed by atoms with van der Waals surface area (Å²) in [6.45, 7) is 7.47.